The van der Waals surface area contributed by atoms with Crippen LogP contribution in [0.2, 0.25) is 0 Å². The molecule has 0 atom stereocenters. The van der Waals surface area contributed by atoms with Crippen LogP contribution in [0.3, 0.4) is 0 Å². The molecule has 0 aromatic heterocycles. The average molecular weight is 457 g/mol. The zero-order chi connectivity index (χ0) is 18.4. The molecule has 2 aromatic carbocycles. The highest BCUT2D eigenvalue weighted by atomic mass is 127. The van der Waals surface area contributed by atoms with E-state index in [2.05, 4.69) is 38.4 Å². The number of nitrogens with zero attached hydrogens (tertiary/aromatic N) is 1. The van der Waals surface area contributed by atoms with Crippen molar-refractivity contribution in [2.24, 2.45) is 5.10 Å². The topological polar surface area (TPSA) is 70.6 Å². The largest absolute Gasteiger partial charge is 0.323 e. The number of hydrogen-bond donors (Lipinski definition) is 2. The standard InChI is InChI=1S/C17H14F2IN3O2/c1-10(22-23-17(25)11-2-5-13(20)6-3-11)8-16(24)21-15-7-4-12(18)9-14(15)19/h2-7,9H,8H2,1H3,(H,21,24)(H,23,25). The van der Waals surface area contributed by atoms with Crippen molar-refractivity contribution in [1.29, 1.82) is 0 Å². The Kier molecular flexibility index (Phi) is 6.57. The van der Waals surface area contributed by atoms with E-state index in [4.69, 9.17) is 0 Å². The van der Waals surface area contributed by atoms with Gasteiger partial charge in [0, 0.05) is 20.9 Å². The van der Waals surface area contributed by atoms with E-state index in [-0.39, 0.29) is 12.1 Å². The lowest BCUT2D eigenvalue weighted by molar-refractivity contribution is -0.115. The molecular weight excluding hydrogens is 443 g/mol. The fourth-order valence-electron chi connectivity index (χ4n) is 1.87. The van der Waals surface area contributed by atoms with Gasteiger partial charge in [-0.2, -0.15) is 5.10 Å². The van der Waals surface area contributed by atoms with Crippen molar-refractivity contribution in [3.8, 4) is 0 Å². The summed E-state index contributed by atoms with van der Waals surface area (Å²) in [6, 6.07) is 9.75. The summed E-state index contributed by atoms with van der Waals surface area (Å²) in [5.74, 6) is -2.53. The molecule has 5 nitrogen and oxygen atoms in total. The van der Waals surface area contributed by atoms with E-state index in [9.17, 15) is 18.4 Å². The van der Waals surface area contributed by atoms with Crippen LogP contribution < -0.4 is 10.7 Å². The van der Waals surface area contributed by atoms with Crippen LogP contribution in [0.1, 0.15) is 23.7 Å². The second-order valence-corrected chi connectivity index (χ2v) is 6.39. The molecule has 130 valence electrons. The van der Waals surface area contributed by atoms with E-state index in [1.54, 1.807) is 31.2 Å². The Balaban J connectivity index is 1.90. The van der Waals surface area contributed by atoms with Crippen molar-refractivity contribution in [3.63, 3.8) is 0 Å². The van der Waals surface area contributed by atoms with Gasteiger partial charge >= 0.3 is 0 Å². The lowest BCUT2D eigenvalue weighted by Gasteiger charge is -2.07. The van der Waals surface area contributed by atoms with E-state index in [0.717, 1.165) is 15.7 Å². The highest BCUT2D eigenvalue weighted by Gasteiger charge is 2.10. The van der Waals surface area contributed by atoms with Crippen molar-refractivity contribution < 1.29 is 18.4 Å². The highest BCUT2D eigenvalue weighted by Crippen LogP contribution is 2.15. The van der Waals surface area contributed by atoms with Gasteiger partial charge < -0.3 is 5.32 Å². The Morgan fingerprint density at radius 2 is 1.80 bits per heavy atom. The summed E-state index contributed by atoms with van der Waals surface area (Å²) in [6.07, 6.45) is -0.149. The predicted octanol–water partition coefficient (Wildman–Crippen LogP) is 3.70. The third-order valence-electron chi connectivity index (χ3n) is 3.08. The molecule has 0 radical (unpaired) electrons. The van der Waals surface area contributed by atoms with Crippen LogP contribution >= 0.6 is 22.6 Å². The first-order chi connectivity index (χ1) is 11.8. The van der Waals surface area contributed by atoms with Gasteiger partial charge in [-0.1, -0.05) is 0 Å². The lowest BCUT2D eigenvalue weighted by atomic mass is 10.2. The van der Waals surface area contributed by atoms with Gasteiger partial charge in [-0.3, -0.25) is 9.59 Å². The van der Waals surface area contributed by atoms with Gasteiger partial charge in [0.1, 0.15) is 11.6 Å². The number of carbonyl (C=O) groups is 2. The van der Waals surface area contributed by atoms with Crippen molar-refractivity contribution in [2.45, 2.75) is 13.3 Å². The molecule has 0 heterocycles. The number of amides is 2. The minimum Gasteiger partial charge on any atom is -0.323 e. The quantitative estimate of drug-likeness (QED) is 0.409. The number of hydrazone groups is 1. The summed E-state index contributed by atoms with van der Waals surface area (Å²) >= 11 is 2.13. The number of rotatable bonds is 5. The third-order valence-corrected chi connectivity index (χ3v) is 3.80. The number of hydrogen-bond acceptors (Lipinski definition) is 3. The summed E-state index contributed by atoms with van der Waals surface area (Å²) < 4.78 is 27.3. The molecule has 2 rings (SSSR count). The van der Waals surface area contributed by atoms with Gasteiger partial charge in [0.2, 0.25) is 5.91 Å². The highest BCUT2D eigenvalue weighted by molar-refractivity contribution is 14.1. The maximum Gasteiger partial charge on any atom is 0.271 e. The molecule has 0 bridgehead atoms. The molecule has 2 N–H and O–H groups in total. The van der Waals surface area contributed by atoms with Crippen LogP contribution in [-0.2, 0) is 4.79 Å². The molecule has 2 amide bonds. The average Bonchev–Trinajstić information content (AvgIpc) is 2.56. The van der Waals surface area contributed by atoms with Crippen LogP contribution in [0.4, 0.5) is 14.5 Å². The van der Waals surface area contributed by atoms with Crippen molar-refractivity contribution in [2.75, 3.05) is 5.32 Å². The van der Waals surface area contributed by atoms with E-state index < -0.39 is 23.4 Å². The maximum absolute atomic E-state index is 13.5. The Bertz CT molecular complexity index is 823. The second-order valence-electron chi connectivity index (χ2n) is 5.14. The molecule has 0 saturated carbocycles. The smallest absolute Gasteiger partial charge is 0.271 e. The first-order valence-corrected chi connectivity index (χ1v) is 8.27. The van der Waals surface area contributed by atoms with Crippen LogP contribution in [0, 0.1) is 15.2 Å². The summed E-state index contributed by atoms with van der Waals surface area (Å²) in [6.45, 7) is 1.55. The number of carbonyl (C=O) groups excluding carboxylic acids is 2. The van der Waals surface area contributed by atoms with Crippen molar-refractivity contribution in [1.82, 2.24) is 5.43 Å². The monoisotopic (exact) mass is 457 g/mol. The Labute approximate surface area is 156 Å². The Hall–Kier alpha value is -2.36. The summed E-state index contributed by atoms with van der Waals surface area (Å²) in [4.78, 5) is 23.8. The molecule has 0 unspecified atom stereocenters. The second kappa shape index (κ2) is 8.65. The van der Waals surface area contributed by atoms with E-state index in [1.165, 1.54) is 0 Å². The number of nitrogens with one attached hydrogen (secondary N) is 2. The summed E-state index contributed by atoms with van der Waals surface area (Å²) in [5, 5.41) is 6.16. The maximum atomic E-state index is 13.5. The molecule has 8 heteroatoms. The summed E-state index contributed by atoms with van der Waals surface area (Å²) in [7, 11) is 0. The van der Waals surface area contributed by atoms with Gasteiger partial charge in [0.05, 0.1) is 12.1 Å². The van der Waals surface area contributed by atoms with Gasteiger partial charge in [-0.15, -0.1) is 0 Å². The Morgan fingerprint density at radius 1 is 1.12 bits per heavy atom. The number of halogens is 3. The summed E-state index contributed by atoms with van der Waals surface area (Å²) in [5.41, 5.74) is 3.00. The normalized spacial score (nSPS) is 11.1. The third kappa shape index (κ3) is 5.89. The van der Waals surface area contributed by atoms with Gasteiger partial charge in [-0.05, 0) is 65.9 Å². The van der Waals surface area contributed by atoms with Crippen molar-refractivity contribution >= 4 is 45.8 Å². The van der Waals surface area contributed by atoms with E-state index in [1.807, 2.05) is 0 Å². The fourth-order valence-corrected chi connectivity index (χ4v) is 2.23. The zero-order valence-corrected chi connectivity index (χ0v) is 15.3. The lowest BCUT2D eigenvalue weighted by Crippen LogP contribution is -2.21. The molecule has 0 spiro atoms. The number of benzene rings is 2. The fraction of sp³-hybridized carbons (Fsp3) is 0.118. The van der Waals surface area contributed by atoms with Gasteiger partial charge in [-0.25, -0.2) is 14.2 Å². The molecule has 2 aromatic rings. The van der Waals surface area contributed by atoms with Crippen LogP contribution in [0.5, 0.6) is 0 Å². The minimum absolute atomic E-state index is 0.123. The SMILES string of the molecule is CC(CC(=O)Nc1ccc(F)cc1F)=NNC(=O)c1ccc(I)cc1. The Morgan fingerprint density at radius 3 is 2.44 bits per heavy atom. The van der Waals surface area contributed by atoms with Gasteiger partial charge in [0.15, 0.2) is 0 Å². The molecule has 0 fully saturated rings. The minimum atomic E-state index is -0.866. The molecule has 0 aliphatic heterocycles. The molecule has 0 saturated heterocycles. The van der Waals surface area contributed by atoms with Crippen LogP contribution in [0.15, 0.2) is 47.6 Å². The zero-order valence-electron chi connectivity index (χ0n) is 13.1. The van der Waals surface area contributed by atoms with E-state index in [0.29, 0.717) is 17.3 Å². The first-order valence-electron chi connectivity index (χ1n) is 7.19. The predicted molar refractivity (Wildman–Crippen MR) is 99.3 cm³/mol. The molecule has 0 aliphatic carbocycles. The molecular formula is C17H14F2IN3O2. The van der Waals surface area contributed by atoms with Gasteiger partial charge in [0.25, 0.3) is 5.91 Å². The van der Waals surface area contributed by atoms with Crippen LogP contribution in [0.25, 0.3) is 0 Å². The molecule has 25 heavy (non-hydrogen) atoms. The number of anilines is 1. The van der Waals surface area contributed by atoms with E-state index >= 15 is 0 Å². The molecule has 0 aliphatic rings. The van der Waals surface area contributed by atoms with Crippen LogP contribution in [-0.4, -0.2) is 17.5 Å². The van der Waals surface area contributed by atoms with Crippen molar-refractivity contribution in [3.05, 3.63) is 63.2 Å². The first kappa shape index (κ1) is 19.0.